The summed E-state index contributed by atoms with van der Waals surface area (Å²) in [5.41, 5.74) is 0.948. The Kier molecular flexibility index (Phi) is 3.99. The van der Waals surface area contributed by atoms with Crippen LogP contribution in [0.5, 0.6) is 0 Å². The zero-order valence-corrected chi connectivity index (χ0v) is 16.0. The lowest BCUT2D eigenvalue weighted by molar-refractivity contribution is -0.177. The number of halogens is 1. The van der Waals surface area contributed by atoms with Gasteiger partial charge in [0.15, 0.2) is 0 Å². The summed E-state index contributed by atoms with van der Waals surface area (Å²) in [5.74, 6) is 0.955. The number of carbonyl (C=O) groups excluding carboxylic acids is 1. The van der Waals surface area contributed by atoms with Crippen LogP contribution in [0.25, 0.3) is 10.9 Å². The molecule has 5 heteroatoms. The van der Waals surface area contributed by atoms with E-state index in [9.17, 15) is 9.90 Å². The lowest BCUT2D eigenvalue weighted by atomic mass is 9.47. The highest BCUT2D eigenvalue weighted by molar-refractivity contribution is 6.30. The Labute approximate surface area is 163 Å². The highest BCUT2D eigenvalue weighted by atomic mass is 35.5. The second-order valence-corrected chi connectivity index (χ2v) is 9.51. The minimum absolute atomic E-state index is 0.0681. The van der Waals surface area contributed by atoms with Gasteiger partial charge in [-0.05, 0) is 67.9 Å². The minimum Gasteiger partial charge on any atom is -0.461 e. The van der Waals surface area contributed by atoms with E-state index >= 15 is 0 Å². The van der Waals surface area contributed by atoms with E-state index in [0.717, 1.165) is 48.6 Å². The number of aliphatic hydroxyl groups is 1. The van der Waals surface area contributed by atoms with Crippen LogP contribution < -0.4 is 0 Å². The molecule has 4 fully saturated rings. The fourth-order valence-electron chi connectivity index (χ4n) is 6.36. The fraction of sp³-hybridized carbons (Fsp3) is 0.545. The number of aromatic nitrogens is 1. The summed E-state index contributed by atoms with van der Waals surface area (Å²) in [4.78, 5) is 17.0. The van der Waals surface area contributed by atoms with Crippen LogP contribution >= 0.6 is 11.6 Å². The van der Waals surface area contributed by atoms with Gasteiger partial charge in [0.2, 0.25) is 0 Å². The summed E-state index contributed by atoms with van der Waals surface area (Å²) in [6, 6.07) is 9.69. The molecule has 4 bridgehead atoms. The van der Waals surface area contributed by atoms with Gasteiger partial charge in [-0.2, -0.15) is 0 Å². The number of carbonyl (C=O) groups is 1. The van der Waals surface area contributed by atoms with Crippen LogP contribution in [0.4, 0.5) is 0 Å². The molecule has 4 aliphatic rings. The molecule has 6 rings (SSSR count). The molecule has 0 aliphatic heterocycles. The minimum atomic E-state index is -0.546. The average molecular weight is 386 g/mol. The lowest BCUT2D eigenvalue weighted by Crippen LogP contribution is -2.56. The van der Waals surface area contributed by atoms with Crippen LogP contribution in [-0.4, -0.2) is 21.7 Å². The second-order valence-electron chi connectivity index (χ2n) is 9.15. The number of rotatable bonds is 4. The number of nitrogens with zero attached hydrogens (tertiary/aromatic N) is 1. The Bertz CT molecular complexity index is 898. The molecule has 4 saturated carbocycles. The van der Waals surface area contributed by atoms with Gasteiger partial charge in [-0.25, -0.2) is 4.98 Å². The van der Waals surface area contributed by atoms with Gasteiger partial charge >= 0.3 is 5.97 Å². The Morgan fingerprint density at radius 2 is 1.96 bits per heavy atom. The number of hydrogen-bond acceptors (Lipinski definition) is 4. The molecule has 142 valence electrons. The molecule has 1 aromatic carbocycles. The highest BCUT2D eigenvalue weighted by Crippen LogP contribution is 2.62. The molecular formula is C22H24ClNO3. The van der Waals surface area contributed by atoms with Crippen molar-refractivity contribution in [2.75, 3.05) is 0 Å². The maximum Gasteiger partial charge on any atom is 0.306 e. The topological polar surface area (TPSA) is 59.4 Å². The van der Waals surface area contributed by atoms with E-state index in [4.69, 9.17) is 16.3 Å². The molecule has 1 N–H and O–H groups in total. The van der Waals surface area contributed by atoms with Crippen LogP contribution in [0, 0.1) is 17.3 Å². The average Bonchev–Trinajstić information content (AvgIpc) is 2.57. The number of hydrogen-bond donors (Lipinski definition) is 1. The van der Waals surface area contributed by atoms with E-state index in [0.29, 0.717) is 23.4 Å². The molecule has 0 radical (unpaired) electrons. The standard InChI is InChI=1S/C22H24ClNO3/c23-20-17(6-16-3-1-2-4-18(16)24-20)12-27-19(25)11-21-7-14-5-15(8-21)10-22(26,9-14)13-21/h1-4,6,14-15,26H,5,7-13H2/t14-,15+,21?,22?. The summed E-state index contributed by atoms with van der Waals surface area (Å²) in [6.07, 6.45) is 6.31. The summed E-state index contributed by atoms with van der Waals surface area (Å²) in [6.45, 7) is 0.142. The molecule has 4 atom stereocenters. The van der Waals surface area contributed by atoms with E-state index in [2.05, 4.69) is 4.98 Å². The Balaban J connectivity index is 1.27. The van der Waals surface area contributed by atoms with E-state index in [1.807, 2.05) is 30.3 Å². The van der Waals surface area contributed by atoms with Crippen molar-refractivity contribution in [3.8, 4) is 0 Å². The van der Waals surface area contributed by atoms with Crippen molar-refractivity contribution < 1.29 is 14.6 Å². The smallest absolute Gasteiger partial charge is 0.306 e. The van der Waals surface area contributed by atoms with Crippen molar-refractivity contribution in [3.63, 3.8) is 0 Å². The first kappa shape index (κ1) is 17.4. The van der Waals surface area contributed by atoms with Crippen molar-refractivity contribution in [2.24, 2.45) is 17.3 Å². The monoisotopic (exact) mass is 385 g/mol. The molecule has 4 nitrogen and oxygen atoms in total. The van der Waals surface area contributed by atoms with Gasteiger partial charge in [-0.15, -0.1) is 0 Å². The molecular weight excluding hydrogens is 362 g/mol. The highest BCUT2D eigenvalue weighted by Gasteiger charge is 2.57. The number of pyridine rings is 1. The summed E-state index contributed by atoms with van der Waals surface area (Å²) >= 11 is 6.27. The molecule has 0 spiro atoms. The van der Waals surface area contributed by atoms with Gasteiger partial charge in [0.25, 0.3) is 0 Å². The van der Waals surface area contributed by atoms with Gasteiger partial charge in [0.05, 0.1) is 17.5 Å². The third-order valence-corrected chi connectivity index (χ3v) is 7.14. The predicted octanol–water partition coefficient (Wildman–Crippen LogP) is 4.65. The third-order valence-electron chi connectivity index (χ3n) is 6.81. The van der Waals surface area contributed by atoms with Gasteiger partial charge in [-0.1, -0.05) is 29.8 Å². The molecule has 0 amide bonds. The summed E-state index contributed by atoms with van der Waals surface area (Å²) < 4.78 is 5.58. The van der Waals surface area contributed by atoms with E-state index < -0.39 is 5.60 Å². The van der Waals surface area contributed by atoms with Crippen molar-refractivity contribution in [3.05, 3.63) is 41.0 Å². The fourth-order valence-corrected chi connectivity index (χ4v) is 6.56. The predicted molar refractivity (Wildman–Crippen MR) is 103 cm³/mol. The number of esters is 1. The number of ether oxygens (including phenoxy) is 1. The Morgan fingerprint density at radius 3 is 2.70 bits per heavy atom. The van der Waals surface area contributed by atoms with Crippen molar-refractivity contribution >= 4 is 28.5 Å². The lowest BCUT2D eigenvalue weighted by Gasteiger charge is -2.60. The summed E-state index contributed by atoms with van der Waals surface area (Å²) in [7, 11) is 0. The molecule has 1 aromatic heterocycles. The molecule has 2 unspecified atom stereocenters. The van der Waals surface area contributed by atoms with Gasteiger partial charge in [-0.3, -0.25) is 4.79 Å². The van der Waals surface area contributed by atoms with Crippen molar-refractivity contribution in [1.82, 2.24) is 4.98 Å². The number of fused-ring (bicyclic) bond motifs is 1. The molecule has 1 heterocycles. The zero-order chi connectivity index (χ0) is 18.6. The van der Waals surface area contributed by atoms with Gasteiger partial charge in [0.1, 0.15) is 11.8 Å². The zero-order valence-electron chi connectivity index (χ0n) is 15.3. The maximum atomic E-state index is 12.6. The van der Waals surface area contributed by atoms with E-state index in [1.54, 1.807) is 0 Å². The third kappa shape index (κ3) is 3.23. The van der Waals surface area contributed by atoms with E-state index in [-0.39, 0.29) is 18.0 Å². The van der Waals surface area contributed by atoms with Gasteiger partial charge < -0.3 is 9.84 Å². The Morgan fingerprint density at radius 1 is 1.22 bits per heavy atom. The van der Waals surface area contributed by atoms with E-state index in [1.165, 1.54) is 6.42 Å². The normalized spacial score (nSPS) is 34.1. The Hall–Kier alpha value is -1.65. The molecule has 0 saturated heterocycles. The van der Waals surface area contributed by atoms with Crippen LogP contribution in [0.1, 0.15) is 50.5 Å². The maximum absolute atomic E-state index is 12.6. The molecule has 27 heavy (non-hydrogen) atoms. The van der Waals surface area contributed by atoms with Crippen molar-refractivity contribution in [1.29, 1.82) is 0 Å². The van der Waals surface area contributed by atoms with Gasteiger partial charge in [0, 0.05) is 10.9 Å². The van der Waals surface area contributed by atoms with Crippen LogP contribution in [0.15, 0.2) is 30.3 Å². The largest absolute Gasteiger partial charge is 0.461 e. The van der Waals surface area contributed by atoms with Crippen molar-refractivity contribution in [2.45, 2.75) is 57.2 Å². The summed E-state index contributed by atoms with van der Waals surface area (Å²) in [5, 5.41) is 12.2. The quantitative estimate of drug-likeness (QED) is 0.614. The first-order valence-corrected chi connectivity index (χ1v) is 10.2. The number of benzene rings is 1. The molecule has 4 aliphatic carbocycles. The SMILES string of the molecule is O=C(CC12C[C@@H]3C[C@@H](CC(O)(C3)C1)C2)OCc1cc2ccccc2nc1Cl. The first-order chi connectivity index (χ1) is 12.9. The van der Waals surface area contributed by atoms with Crippen LogP contribution in [-0.2, 0) is 16.1 Å². The second kappa shape index (κ2) is 6.18. The molecule has 2 aromatic rings. The first-order valence-electron chi connectivity index (χ1n) is 9.84. The van der Waals surface area contributed by atoms with Crippen LogP contribution in [0.3, 0.4) is 0 Å². The van der Waals surface area contributed by atoms with Crippen LogP contribution in [0.2, 0.25) is 5.15 Å². The number of para-hydroxylation sites is 1.